The average Bonchev–Trinajstić information content (AvgIpc) is 3.29. The van der Waals surface area contributed by atoms with E-state index >= 15 is 0 Å². The number of rotatable bonds is 3. The summed E-state index contributed by atoms with van der Waals surface area (Å²) in [5, 5.41) is 6.93. The van der Waals surface area contributed by atoms with Gasteiger partial charge in [-0.1, -0.05) is 59.3 Å². The highest BCUT2D eigenvalue weighted by Gasteiger charge is 2.54. The maximum absolute atomic E-state index is 13.3. The predicted molar refractivity (Wildman–Crippen MR) is 105 cm³/mol. The van der Waals surface area contributed by atoms with Crippen molar-refractivity contribution in [3.05, 3.63) is 71.1 Å². The van der Waals surface area contributed by atoms with Crippen LogP contribution in [0.25, 0.3) is 11.4 Å². The zero-order valence-corrected chi connectivity index (χ0v) is 16.0. The minimum atomic E-state index is -0.994. The molecule has 5 rings (SSSR count). The zero-order valence-electron chi connectivity index (χ0n) is 16.0. The van der Waals surface area contributed by atoms with Crippen molar-refractivity contribution in [2.45, 2.75) is 38.3 Å². The maximum Gasteiger partial charge on any atom is 0.325 e. The fourth-order valence-electron chi connectivity index (χ4n) is 4.23. The summed E-state index contributed by atoms with van der Waals surface area (Å²) in [5.41, 5.74) is 2.95. The first-order chi connectivity index (χ1) is 14.1. The minimum Gasteiger partial charge on any atom is -0.337 e. The quantitative estimate of drug-likeness (QED) is 0.696. The number of hydrogen-bond donors (Lipinski definition) is 1. The number of urea groups is 1. The molecule has 1 aliphatic carbocycles. The third-order valence-electron chi connectivity index (χ3n) is 5.72. The normalized spacial score (nSPS) is 20.8. The molecule has 3 aromatic rings. The molecule has 3 amide bonds. The third-order valence-corrected chi connectivity index (χ3v) is 5.72. The molecule has 7 nitrogen and oxygen atoms in total. The molecule has 2 aliphatic rings. The molecule has 29 heavy (non-hydrogen) atoms. The summed E-state index contributed by atoms with van der Waals surface area (Å²) < 4.78 is 5.32. The Labute approximate surface area is 167 Å². The number of fused-ring (bicyclic) bond motifs is 2. The van der Waals surface area contributed by atoms with Crippen LogP contribution in [0.4, 0.5) is 4.79 Å². The van der Waals surface area contributed by atoms with Crippen LogP contribution in [0.3, 0.4) is 0 Å². The van der Waals surface area contributed by atoms with Crippen LogP contribution in [-0.4, -0.2) is 27.0 Å². The van der Waals surface area contributed by atoms with Crippen LogP contribution in [0.2, 0.25) is 0 Å². The van der Waals surface area contributed by atoms with E-state index in [0.717, 1.165) is 35.1 Å². The van der Waals surface area contributed by atoms with Gasteiger partial charge in [0.25, 0.3) is 5.91 Å². The maximum atomic E-state index is 13.3. The van der Waals surface area contributed by atoms with Gasteiger partial charge in [0.05, 0.1) is 0 Å². The molecule has 1 atom stereocenters. The lowest BCUT2D eigenvalue weighted by molar-refractivity contribution is -0.132. The van der Waals surface area contributed by atoms with Crippen LogP contribution in [0.1, 0.15) is 35.4 Å². The van der Waals surface area contributed by atoms with E-state index in [9.17, 15) is 9.59 Å². The van der Waals surface area contributed by atoms with Crippen LogP contribution in [0, 0.1) is 6.92 Å². The van der Waals surface area contributed by atoms with E-state index in [-0.39, 0.29) is 18.3 Å². The molecule has 1 spiro atoms. The van der Waals surface area contributed by atoms with Gasteiger partial charge in [-0.25, -0.2) is 4.79 Å². The molecule has 1 saturated heterocycles. The van der Waals surface area contributed by atoms with Crippen LogP contribution in [0.5, 0.6) is 0 Å². The van der Waals surface area contributed by atoms with Crippen molar-refractivity contribution < 1.29 is 14.1 Å². The topological polar surface area (TPSA) is 88.3 Å². The fraction of sp³-hybridized carbons (Fsp3) is 0.273. The molecule has 2 aromatic carbocycles. The highest BCUT2D eigenvalue weighted by molar-refractivity contribution is 6.07. The SMILES string of the molecule is Cc1ccc(-c2noc(CN3C(=O)N[C@@]4(CCCc5ccccc54)C3=O)n2)cc1. The van der Waals surface area contributed by atoms with Gasteiger partial charge in [-0.05, 0) is 37.3 Å². The number of aryl methyl sites for hydroxylation is 2. The average molecular weight is 388 g/mol. The minimum absolute atomic E-state index is 0.0482. The Morgan fingerprint density at radius 1 is 1.14 bits per heavy atom. The monoisotopic (exact) mass is 388 g/mol. The second-order valence-corrected chi connectivity index (χ2v) is 7.62. The molecule has 0 radical (unpaired) electrons. The number of benzene rings is 2. The lowest BCUT2D eigenvalue weighted by Gasteiger charge is -2.33. The van der Waals surface area contributed by atoms with Crippen LogP contribution in [-0.2, 0) is 23.3 Å². The molecule has 0 unspecified atom stereocenters. The van der Waals surface area contributed by atoms with E-state index in [1.54, 1.807) is 0 Å². The molecule has 2 heterocycles. The van der Waals surface area contributed by atoms with E-state index in [4.69, 9.17) is 4.52 Å². The van der Waals surface area contributed by atoms with Crippen molar-refractivity contribution in [1.82, 2.24) is 20.4 Å². The Morgan fingerprint density at radius 2 is 1.93 bits per heavy atom. The van der Waals surface area contributed by atoms with E-state index in [1.807, 2.05) is 55.5 Å². The largest absolute Gasteiger partial charge is 0.337 e. The van der Waals surface area contributed by atoms with E-state index < -0.39 is 11.6 Å². The van der Waals surface area contributed by atoms with Gasteiger partial charge in [0, 0.05) is 5.56 Å². The fourth-order valence-corrected chi connectivity index (χ4v) is 4.23. The van der Waals surface area contributed by atoms with Crippen LogP contribution in [0.15, 0.2) is 53.1 Å². The van der Waals surface area contributed by atoms with Gasteiger partial charge in [0.2, 0.25) is 11.7 Å². The predicted octanol–water partition coefficient (Wildman–Crippen LogP) is 3.33. The second kappa shape index (κ2) is 6.55. The van der Waals surface area contributed by atoms with Crippen LogP contribution >= 0.6 is 0 Å². The number of nitrogens with zero attached hydrogens (tertiary/aromatic N) is 3. The van der Waals surface area contributed by atoms with Gasteiger partial charge in [-0.2, -0.15) is 4.98 Å². The van der Waals surface area contributed by atoms with Crippen molar-refractivity contribution in [2.24, 2.45) is 0 Å². The second-order valence-electron chi connectivity index (χ2n) is 7.62. The third kappa shape index (κ3) is 2.81. The number of hydrogen-bond acceptors (Lipinski definition) is 5. The van der Waals surface area contributed by atoms with Gasteiger partial charge < -0.3 is 9.84 Å². The van der Waals surface area contributed by atoms with E-state index in [2.05, 4.69) is 15.5 Å². The zero-order chi connectivity index (χ0) is 20.0. The van der Waals surface area contributed by atoms with Crippen molar-refractivity contribution in [3.63, 3.8) is 0 Å². The van der Waals surface area contributed by atoms with Crippen molar-refractivity contribution in [2.75, 3.05) is 0 Å². The first-order valence-corrected chi connectivity index (χ1v) is 9.69. The smallest absolute Gasteiger partial charge is 0.325 e. The Kier molecular flexibility index (Phi) is 3.97. The molecule has 7 heteroatoms. The summed E-state index contributed by atoms with van der Waals surface area (Å²) in [6, 6.07) is 15.1. The number of amides is 3. The number of carbonyl (C=O) groups excluding carboxylic acids is 2. The molecular formula is C22H20N4O3. The summed E-state index contributed by atoms with van der Waals surface area (Å²) >= 11 is 0. The van der Waals surface area contributed by atoms with Gasteiger partial charge in [0.15, 0.2) is 0 Å². The Bertz CT molecular complexity index is 1110. The lowest BCUT2D eigenvalue weighted by Crippen LogP contribution is -2.46. The Morgan fingerprint density at radius 3 is 2.76 bits per heavy atom. The summed E-state index contributed by atoms with van der Waals surface area (Å²) in [4.78, 5) is 31.6. The standard InChI is InChI=1S/C22H20N4O3/c1-14-8-10-16(11-9-14)19-23-18(29-25-19)13-26-20(27)22(24-21(26)28)12-4-6-15-5-2-3-7-17(15)22/h2-3,5,7-11H,4,6,12-13H2,1H3,(H,24,28)/t22-/m1/s1. The molecule has 0 bridgehead atoms. The Hall–Kier alpha value is -3.48. The highest BCUT2D eigenvalue weighted by Crippen LogP contribution is 2.40. The summed E-state index contributed by atoms with van der Waals surface area (Å²) in [7, 11) is 0. The molecule has 1 aromatic heterocycles. The molecule has 1 N–H and O–H groups in total. The number of carbonyl (C=O) groups is 2. The first-order valence-electron chi connectivity index (χ1n) is 9.69. The lowest BCUT2D eigenvalue weighted by atomic mass is 9.76. The molecule has 0 saturated carbocycles. The molecular weight excluding hydrogens is 368 g/mol. The van der Waals surface area contributed by atoms with Crippen LogP contribution < -0.4 is 5.32 Å². The summed E-state index contributed by atoms with van der Waals surface area (Å²) in [6.07, 6.45) is 2.34. The first kappa shape index (κ1) is 17.6. The van der Waals surface area contributed by atoms with Crippen molar-refractivity contribution in [3.8, 4) is 11.4 Å². The van der Waals surface area contributed by atoms with Gasteiger partial charge >= 0.3 is 6.03 Å². The van der Waals surface area contributed by atoms with E-state index in [0.29, 0.717) is 12.2 Å². The van der Waals surface area contributed by atoms with Gasteiger partial charge in [0.1, 0.15) is 12.1 Å². The molecule has 1 fully saturated rings. The van der Waals surface area contributed by atoms with Crippen molar-refractivity contribution >= 4 is 11.9 Å². The highest BCUT2D eigenvalue weighted by atomic mass is 16.5. The number of imide groups is 1. The molecule has 1 aliphatic heterocycles. The number of aromatic nitrogens is 2. The summed E-state index contributed by atoms with van der Waals surface area (Å²) in [6.45, 7) is 1.95. The van der Waals surface area contributed by atoms with Crippen molar-refractivity contribution in [1.29, 1.82) is 0 Å². The molecule has 146 valence electrons. The Balaban J connectivity index is 1.42. The van der Waals surface area contributed by atoms with Gasteiger partial charge in [-0.3, -0.25) is 9.69 Å². The van der Waals surface area contributed by atoms with E-state index in [1.165, 1.54) is 4.90 Å². The van der Waals surface area contributed by atoms with Gasteiger partial charge in [-0.15, -0.1) is 0 Å². The number of nitrogens with one attached hydrogen (secondary N) is 1. The summed E-state index contributed by atoms with van der Waals surface area (Å²) in [5.74, 6) is 0.403.